The molecule has 0 amide bonds. The van der Waals surface area contributed by atoms with Gasteiger partial charge in [0.25, 0.3) is 0 Å². The molecule has 1 saturated carbocycles. The number of hydrogen-bond donors (Lipinski definition) is 0. The van der Waals surface area contributed by atoms with Crippen molar-refractivity contribution in [1.82, 2.24) is 0 Å². The summed E-state index contributed by atoms with van der Waals surface area (Å²) in [4.78, 5) is 11.5. The van der Waals surface area contributed by atoms with Gasteiger partial charge in [-0.2, -0.15) is 0 Å². The molecule has 0 aromatic rings. The van der Waals surface area contributed by atoms with Crippen molar-refractivity contribution < 1.29 is 14.3 Å². The van der Waals surface area contributed by atoms with E-state index in [2.05, 4.69) is 20.8 Å². The Morgan fingerprint density at radius 2 is 2.12 bits per heavy atom. The number of carbonyl (C=O) groups excluding carboxylic acids is 1. The highest BCUT2D eigenvalue weighted by Crippen LogP contribution is 2.51. The van der Waals surface area contributed by atoms with E-state index in [1.54, 1.807) is 0 Å². The van der Waals surface area contributed by atoms with Gasteiger partial charge in [0, 0.05) is 0 Å². The first kappa shape index (κ1) is 11.6. The molecule has 0 spiro atoms. The van der Waals surface area contributed by atoms with Gasteiger partial charge in [0.15, 0.2) is 6.10 Å². The van der Waals surface area contributed by atoms with E-state index < -0.39 is 6.10 Å². The van der Waals surface area contributed by atoms with E-state index in [1.165, 1.54) is 12.7 Å². The SMILES string of the molecule is COC(=O)C1C=C2C(C)(C)CCCC2(C)O1. The molecule has 16 heavy (non-hydrogen) atoms. The second-order valence-electron chi connectivity index (χ2n) is 5.61. The summed E-state index contributed by atoms with van der Waals surface area (Å²) < 4.78 is 10.6. The fourth-order valence-electron chi connectivity index (χ4n) is 3.08. The van der Waals surface area contributed by atoms with Crippen molar-refractivity contribution in [1.29, 1.82) is 0 Å². The molecule has 0 N–H and O–H groups in total. The Kier molecular flexibility index (Phi) is 2.61. The van der Waals surface area contributed by atoms with Crippen molar-refractivity contribution in [3.63, 3.8) is 0 Å². The number of fused-ring (bicyclic) bond motifs is 1. The molecule has 3 nitrogen and oxygen atoms in total. The lowest BCUT2D eigenvalue weighted by Crippen LogP contribution is -2.39. The van der Waals surface area contributed by atoms with E-state index in [4.69, 9.17) is 9.47 Å². The molecule has 3 heteroatoms. The molecule has 90 valence electrons. The number of rotatable bonds is 1. The van der Waals surface area contributed by atoms with Crippen LogP contribution in [0.15, 0.2) is 11.6 Å². The molecular formula is C13H20O3. The van der Waals surface area contributed by atoms with Crippen LogP contribution in [0.5, 0.6) is 0 Å². The van der Waals surface area contributed by atoms with Gasteiger partial charge in [0.2, 0.25) is 0 Å². The van der Waals surface area contributed by atoms with Crippen LogP contribution >= 0.6 is 0 Å². The van der Waals surface area contributed by atoms with Crippen LogP contribution in [0, 0.1) is 5.41 Å². The van der Waals surface area contributed by atoms with Crippen molar-refractivity contribution in [2.45, 2.75) is 51.7 Å². The van der Waals surface area contributed by atoms with Crippen LogP contribution in [0.25, 0.3) is 0 Å². The fraction of sp³-hybridized carbons (Fsp3) is 0.769. The molecule has 1 fully saturated rings. The van der Waals surface area contributed by atoms with Gasteiger partial charge in [-0.05, 0) is 43.3 Å². The maximum atomic E-state index is 11.5. The van der Waals surface area contributed by atoms with Crippen molar-refractivity contribution >= 4 is 5.97 Å². The van der Waals surface area contributed by atoms with E-state index in [-0.39, 0.29) is 17.0 Å². The van der Waals surface area contributed by atoms with E-state index in [0.717, 1.165) is 19.3 Å². The zero-order valence-corrected chi connectivity index (χ0v) is 10.5. The summed E-state index contributed by atoms with van der Waals surface area (Å²) in [5.74, 6) is -0.293. The smallest absolute Gasteiger partial charge is 0.339 e. The first-order valence-corrected chi connectivity index (χ1v) is 5.87. The minimum Gasteiger partial charge on any atom is -0.467 e. The molecule has 2 aliphatic rings. The van der Waals surface area contributed by atoms with Crippen molar-refractivity contribution in [2.75, 3.05) is 7.11 Å². The molecule has 1 aliphatic heterocycles. The topological polar surface area (TPSA) is 35.5 Å². The van der Waals surface area contributed by atoms with E-state index >= 15 is 0 Å². The molecule has 0 aromatic heterocycles. The molecular weight excluding hydrogens is 204 g/mol. The zero-order chi connectivity index (χ0) is 12.0. The third-order valence-electron chi connectivity index (χ3n) is 3.89. The Hall–Kier alpha value is -0.830. The number of carbonyl (C=O) groups is 1. The van der Waals surface area contributed by atoms with Crippen LogP contribution in [0.4, 0.5) is 0 Å². The summed E-state index contributed by atoms with van der Waals surface area (Å²) in [5, 5.41) is 0. The predicted molar refractivity (Wildman–Crippen MR) is 61.0 cm³/mol. The quantitative estimate of drug-likeness (QED) is 0.507. The van der Waals surface area contributed by atoms with Crippen LogP contribution in [0.1, 0.15) is 40.0 Å². The Bertz CT molecular complexity index is 343. The van der Waals surface area contributed by atoms with Crippen LogP contribution < -0.4 is 0 Å². The predicted octanol–water partition coefficient (Wildman–Crippen LogP) is 2.45. The molecule has 0 bridgehead atoms. The summed E-state index contributed by atoms with van der Waals surface area (Å²) in [6.45, 7) is 6.53. The lowest BCUT2D eigenvalue weighted by molar-refractivity contribution is -0.156. The van der Waals surface area contributed by atoms with E-state index in [1.807, 2.05) is 6.08 Å². The minimum absolute atomic E-state index is 0.135. The van der Waals surface area contributed by atoms with Gasteiger partial charge < -0.3 is 9.47 Å². The molecule has 0 aromatic carbocycles. The number of ether oxygens (including phenoxy) is 2. The van der Waals surface area contributed by atoms with Crippen LogP contribution in [-0.4, -0.2) is 24.8 Å². The van der Waals surface area contributed by atoms with Crippen molar-refractivity contribution in [2.24, 2.45) is 5.41 Å². The van der Waals surface area contributed by atoms with Gasteiger partial charge in [0.05, 0.1) is 12.7 Å². The van der Waals surface area contributed by atoms with E-state index in [9.17, 15) is 4.79 Å². The number of esters is 1. The Morgan fingerprint density at radius 1 is 1.44 bits per heavy atom. The maximum absolute atomic E-state index is 11.5. The lowest BCUT2D eigenvalue weighted by Gasteiger charge is -2.42. The largest absolute Gasteiger partial charge is 0.467 e. The van der Waals surface area contributed by atoms with Gasteiger partial charge in [-0.15, -0.1) is 0 Å². The third-order valence-corrected chi connectivity index (χ3v) is 3.89. The Labute approximate surface area is 96.8 Å². The van der Waals surface area contributed by atoms with Gasteiger partial charge in [-0.1, -0.05) is 13.8 Å². The first-order chi connectivity index (χ1) is 7.39. The normalized spacial score (nSPS) is 36.5. The van der Waals surface area contributed by atoms with Crippen molar-refractivity contribution in [3.8, 4) is 0 Å². The summed E-state index contributed by atoms with van der Waals surface area (Å²) in [6, 6.07) is 0. The molecule has 1 aliphatic carbocycles. The highest BCUT2D eigenvalue weighted by Gasteiger charge is 2.49. The second kappa shape index (κ2) is 3.59. The Balaban J connectivity index is 2.31. The van der Waals surface area contributed by atoms with Gasteiger partial charge in [-0.25, -0.2) is 4.79 Å². The lowest BCUT2D eigenvalue weighted by atomic mass is 9.67. The highest BCUT2D eigenvalue weighted by atomic mass is 16.6. The van der Waals surface area contributed by atoms with Crippen LogP contribution in [0.2, 0.25) is 0 Å². The monoisotopic (exact) mass is 224 g/mol. The summed E-state index contributed by atoms with van der Waals surface area (Å²) in [5.41, 5.74) is 1.14. The minimum atomic E-state index is -0.512. The first-order valence-electron chi connectivity index (χ1n) is 5.87. The molecule has 2 atom stereocenters. The summed E-state index contributed by atoms with van der Waals surface area (Å²) in [6.07, 6.45) is 4.75. The molecule has 0 radical (unpaired) electrons. The average Bonchev–Trinajstić information content (AvgIpc) is 2.56. The van der Waals surface area contributed by atoms with Crippen LogP contribution in [-0.2, 0) is 14.3 Å². The van der Waals surface area contributed by atoms with Crippen LogP contribution in [0.3, 0.4) is 0 Å². The second-order valence-corrected chi connectivity index (χ2v) is 5.61. The molecule has 2 unspecified atom stereocenters. The maximum Gasteiger partial charge on any atom is 0.339 e. The van der Waals surface area contributed by atoms with Gasteiger partial charge >= 0.3 is 5.97 Å². The fourth-order valence-corrected chi connectivity index (χ4v) is 3.08. The summed E-state index contributed by atoms with van der Waals surface area (Å²) in [7, 11) is 1.40. The average molecular weight is 224 g/mol. The van der Waals surface area contributed by atoms with E-state index in [0.29, 0.717) is 0 Å². The highest BCUT2D eigenvalue weighted by molar-refractivity contribution is 5.78. The number of hydrogen-bond acceptors (Lipinski definition) is 3. The van der Waals surface area contributed by atoms with Gasteiger partial charge in [0.1, 0.15) is 0 Å². The number of methoxy groups -OCH3 is 1. The van der Waals surface area contributed by atoms with Crippen molar-refractivity contribution in [3.05, 3.63) is 11.6 Å². The molecule has 2 rings (SSSR count). The molecule has 0 saturated heterocycles. The standard InChI is InChI=1S/C13H20O3/c1-12(2)6-5-7-13(3)10(12)8-9(16-13)11(14)15-4/h8-9H,5-7H2,1-4H3. The molecule has 1 heterocycles. The zero-order valence-electron chi connectivity index (χ0n) is 10.5. The van der Waals surface area contributed by atoms with Gasteiger partial charge in [-0.3, -0.25) is 0 Å². The third kappa shape index (κ3) is 1.67. The summed E-state index contributed by atoms with van der Waals surface area (Å²) >= 11 is 0. The Morgan fingerprint density at radius 3 is 2.69 bits per heavy atom.